The van der Waals surface area contributed by atoms with Crippen molar-refractivity contribution in [2.45, 2.75) is 51.5 Å². The largest absolute Gasteiger partial charge is 0.465 e. The standard InChI is InChI=1S/C17H29N3O4/c1-3-19(2)16(22)13(10-14(18)21)15-12-7-5-4-6-11(12)8-9-20(15)17(23)24/h11-13,15H,3-10H2,1-2H3,(H2,18,21)(H,23,24). The minimum Gasteiger partial charge on any atom is -0.465 e. The lowest BCUT2D eigenvalue weighted by Crippen LogP contribution is -2.58. The number of rotatable bonds is 5. The molecule has 24 heavy (non-hydrogen) atoms. The highest BCUT2D eigenvalue weighted by molar-refractivity contribution is 5.86. The highest BCUT2D eigenvalue weighted by Crippen LogP contribution is 2.43. The molecular formula is C17H29N3O4. The summed E-state index contributed by atoms with van der Waals surface area (Å²) in [6.07, 6.45) is 3.93. The Hall–Kier alpha value is -1.79. The normalized spacial score (nSPS) is 27.9. The van der Waals surface area contributed by atoms with Crippen molar-refractivity contribution in [3.05, 3.63) is 0 Å². The fourth-order valence-electron chi connectivity index (χ4n) is 4.48. The van der Waals surface area contributed by atoms with Crippen molar-refractivity contribution >= 4 is 17.9 Å². The molecule has 0 spiro atoms. The number of likely N-dealkylation sites (tertiary alicyclic amines) is 1. The van der Waals surface area contributed by atoms with E-state index in [-0.39, 0.29) is 18.2 Å². The maximum atomic E-state index is 12.9. The average Bonchev–Trinajstić information content (AvgIpc) is 2.57. The molecule has 7 nitrogen and oxygen atoms in total. The molecule has 1 aliphatic carbocycles. The van der Waals surface area contributed by atoms with Crippen molar-refractivity contribution in [2.24, 2.45) is 23.5 Å². The topological polar surface area (TPSA) is 104 Å². The number of hydrogen-bond donors (Lipinski definition) is 2. The molecular weight excluding hydrogens is 310 g/mol. The Kier molecular flexibility index (Phi) is 6.07. The van der Waals surface area contributed by atoms with Gasteiger partial charge in [-0.25, -0.2) is 4.79 Å². The summed E-state index contributed by atoms with van der Waals surface area (Å²) in [5.74, 6) is -0.842. The molecule has 3 N–H and O–H groups in total. The minimum atomic E-state index is -1.01. The number of nitrogens with zero attached hydrogens (tertiary/aromatic N) is 2. The van der Waals surface area contributed by atoms with Crippen LogP contribution in [0.5, 0.6) is 0 Å². The second-order valence-corrected chi connectivity index (χ2v) is 7.09. The number of nitrogens with two attached hydrogens (primary N) is 1. The first-order valence-corrected chi connectivity index (χ1v) is 8.89. The summed E-state index contributed by atoms with van der Waals surface area (Å²) < 4.78 is 0. The number of fused-ring (bicyclic) bond motifs is 1. The lowest BCUT2D eigenvalue weighted by atomic mass is 9.67. The van der Waals surface area contributed by atoms with Crippen LogP contribution in [-0.4, -0.2) is 59.0 Å². The van der Waals surface area contributed by atoms with Crippen molar-refractivity contribution in [3.8, 4) is 0 Å². The molecule has 0 aromatic carbocycles. The molecule has 1 saturated heterocycles. The first-order valence-electron chi connectivity index (χ1n) is 8.89. The van der Waals surface area contributed by atoms with Gasteiger partial charge in [0.05, 0.1) is 12.0 Å². The van der Waals surface area contributed by atoms with E-state index in [4.69, 9.17) is 5.73 Å². The smallest absolute Gasteiger partial charge is 0.407 e. The molecule has 2 aliphatic rings. The Morgan fingerprint density at radius 2 is 1.92 bits per heavy atom. The summed E-state index contributed by atoms with van der Waals surface area (Å²) in [5, 5.41) is 9.64. The number of hydrogen-bond acceptors (Lipinski definition) is 3. The van der Waals surface area contributed by atoms with E-state index in [1.807, 2.05) is 6.92 Å². The third-order valence-electron chi connectivity index (χ3n) is 5.75. The van der Waals surface area contributed by atoms with Crippen LogP contribution in [0.2, 0.25) is 0 Å². The molecule has 0 radical (unpaired) electrons. The molecule has 0 aromatic rings. The van der Waals surface area contributed by atoms with Gasteiger partial charge in [-0.2, -0.15) is 0 Å². The molecule has 1 heterocycles. The summed E-state index contributed by atoms with van der Waals surface area (Å²) in [4.78, 5) is 39.2. The fourth-order valence-corrected chi connectivity index (χ4v) is 4.48. The molecule has 4 atom stereocenters. The minimum absolute atomic E-state index is 0.0964. The number of primary amides is 1. The average molecular weight is 339 g/mol. The van der Waals surface area contributed by atoms with Gasteiger partial charge >= 0.3 is 6.09 Å². The quantitative estimate of drug-likeness (QED) is 0.792. The molecule has 0 bridgehead atoms. The first-order chi connectivity index (χ1) is 11.4. The van der Waals surface area contributed by atoms with Gasteiger partial charge in [0.15, 0.2) is 0 Å². The Morgan fingerprint density at radius 1 is 1.25 bits per heavy atom. The predicted octanol–water partition coefficient (Wildman–Crippen LogP) is 1.51. The lowest BCUT2D eigenvalue weighted by Gasteiger charge is -2.49. The van der Waals surface area contributed by atoms with Gasteiger partial charge in [-0.05, 0) is 31.6 Å². The van der Waals surface area contributed by atoms with Crippen molar-refractivity contribution in [2.75, 3.05) is 20.1 Å². The lowest BCUT2D eigenvalue weighted by molar-refractivity contribution is -0.141. The Balaban J connectivity index is 2.37. The van der Waals surface area contributed by atoms with Gasteiger partial charge in [0.1, 0.15) is 0 Å². The van der Waals surface area contributed by atoms with Gasteiger partial charge in [-0.15, -0.1) is 0 Å². The van der Waals surface area contributed by atoms with Crippen molar-refractivity contribution in [3.63, 3.8) is 0 Å². The summed E-state index contributed by atoms with van der Waals surface area (Å²) in [7, 11) is 1.68. The number of piperidine rings is 1. The summed E-state index contributed by atoms with van der Waals surface area (Å²) in [6.45, 7) is 2.81. The van der Waals surface area contributed by atoms with Crippen molar-refractivity contribution in [1.29, 1.82) is 0 Å². The van der Waals surface area contributed by atoms with E-state index in [1.165, 1.54) is 4.90 Å². The molecule has 0 aromatic heterocycles. The van der Waals surface area contributed by atoms with Gasteiger partial charge in [0.25, 0.3) is 0 Å². The Bertz CT molecular complexity index is 496. The van der Waals surface area contributed by atoms with Crippen LogP contribution < -0.4 is 5.73 Å². The van der Waals surface area contributed by atoms with Crippen LogP contribution in [0.1, 0.15) is 45.4 Å². The fraction of sp³-hybridized carbons (Fsp3) is 0.824. The zero-order chi connectivity index (χ0) is 17.9. The van der Waals surface area contributed by atoms with E-state index in [0.29, 0.717) is 19.0 Å². The first kappa shape index (κ1) is 18.5. The van der Waals surface area contributed by atoms with Crippen molar-refractivity contribution < 1.29 is 19.5 Å². The molecule has 1 saturated carbocycles. The third kappa shape index (κ3) is 3.82. The number of amides is 3. The Labute approximate surface area is 143 Å². The van der Waals surface area contributed by atoms with E-state index in [0.717, 1.165) is 32.1 Å². The molecule has 1 aliphatic heterocycles. The SMILES string of the molecule is CCN(C)C(=O)C(CC(N)=O)C1C2CCCCC2CCN1C(=O)O. The van der Waals surface area contributed by atoms with Crippen LogP contribution >= 0.6 is 0 Å². The van der Waals surface area contributed by atoms with Gasteiger partial charge in [-0.3, -0.25) is 9.59 Å². The van der Waals surface area contributed by atoms with E-state index in [1.54, 1.807) is 11.9 Å². The van der Waals surface area contributed by atoms with Crippen LogP contribution in [0.25, 0.3) is 0 Å². The summed E-state index contributed by atoms with van der Waals surface area (Å²) in [5.41, 5.74) is 5.39. The second-order valence-electron chi connectivity index (χ2n) is 7.09. The zero-order valence-electron chi connectivity index (χ0n) is 14.6. The molecule has 2 fully saturated rings. The van der Waals surface area contributed by atoms with Crippen LogP contribution in [-0.2, 0) is 9.59 Å². The number of carbonyl (C=O) groups excluding carboxylic acids is 2. The van der Waals surface area contributed by atoms with Gasteiger partial charge in [0, 0.05) is 26.6 Å². The molecule has 4 unspecified atom stereocenters. The Morgan fingerprint density at radius 3 is 2.50 bits per heavy atom. The van der Waals surface area contributed by atoms with E-state index in [2.05, 4.69) is 0 Å². The predicted molar refractivity (Wildman–Crippen MR) is 89.2 cm³/mol. The van der Waals surface area contributed by atoms with Gasteiger partial charge < -0.3 is 20.6 Å². The maximum Gasteiger partial charge on any atom is 0.407 e. The zero-order valence-corrected chi connectivity index (χ0v) is 14.6. The molecule has 2 rings (SSSR count). The van der Waals surface area contributed by atoms with Crippen molar-refractivity contribution in [1.82, 2.24) is 9.80 Å². The molecule has 3 amide bonds. The number of carbonyl (C=O) groups is 3. The monoisotopic (exact) mass is 339 g/mol. The third-order valence-corrected chi connectivity index (χ3v) is 5.75. The van der Waals surface area contributed by atoms with Crippen LogP contribution in [0.15, 0.2) is 0 Å². The summed E-state index contributed by atoms with van der Waals surface area (Å²) >= 11 is 0. The van der Waals surface area contributed by atoms with E-state index >= 15 is 0 Å². The van der Waals surface area contributed by atoms with E-state index in [9.17, 15) is 19.5 Å². The maximum absolute atomic E-state index is 12.9. The van der Waals surface area contributed by atoms with Gasteiger partial charge in [-0.1, -0.05) is 19.3 Å². The number of carboxylic acid groups (broad SMARTS) is 1. The highest BCUT2D eigenvalue weighted by atomic mass is 16.4. The highest BCUT2D eigenvalue weighted by Gasteiger charge is 2.47. The van der Waals surface area contributed by atoms with Crippen LogP contribution in [0.3, 0.4) is 0 Å². The van der Waals surface area contributed by atoms with E-state index < -0.39 is 24.0 Å². The van der Waals surface area contributed by atoms with Crippen LogP contribution in [0.4, 0.5) is 4.79 Å². The van der Waals surface area contributed by atoms with Gasteiger partial charge in [0.2, 0.25) is 11.8 Å². The molecule has 7 heteroatoms. The second kappa shape index (κ2) is 7.85. The summed E-state index contributed by atoms with van der Waals surface area (Å²) in [6, 6.07) is -0.449. The molecule has 136 valence electrons. The van der Waals surface area contributed by atoms with Crippen LogP contribution in [0, 0.1) is 17.8 Å².